The second-order valence-electron chi connectivity index (χ2n) is 3.23. The Balaban J connectivity index is 2.35. The summed E-state index contributed by atoms with van der Waals surface area (Å²) in [5, 5.41) is 16.3. The van der Waals surface area contributed by atoms with Crippen LogP contribution < -0.4 is 5.32 Å². The summed E-state index contributed by atoms with van der Waals surface area (Å²) in [7, 11) is 0. The van der Waals surface area contributed by atoms with Crippen molar-refractivity contribution in [3.8, 4) is 0 Å². The minimum Gasteiger partial charge on any atom is -0.312 e. The average Bonchev–Trinajstić information content (AvgIpc) is 2.66. The first kappa shape index (κ1) is 12.5. The summed E-state index contributed by atoms with van der Waals surface area (Å²) in [6.45, 7) is 3.77. The van der Waals surface area contributed by atoms with Crippen LogP contribution in [-0.2, 0) is 6.54 Å². The molecular weight excluding hydrogens is 232 g/mol. The summed E-state index contributed by atoms with van der Waals surface area (Å²) >= 11 is 2.98. The molecule has 0 amide bonds. The number of nitrogens with one attached hydrogen (secondary N) is 1. The molecule has 1 aromatic heterocycles. The summed E-state index contributed by atoms with van der Waals surface area (Å²) in [6, 6.07) is 1.63. The molecule has 0 spiro atoms. The first-order valence-electron chi connectivity index (χ1n) is 4.58. The van der Waals surface area contributed by atoms with E-state index in [9.17, 15) is 10.1 Å². The van der Waals surface area contributed by atoms with E-state index in [1.165, 1.54) is 11.3 Å². The minimum absolute atomic E-state index is 0.213. The molecule has 1 rings (SSSR count). The molecule has 1 aromatic rings. The summed E-state index contributed by atoms with van der Waals surface area (Å²) in [5.41, 5.74) is 0.986. The predicted octanol–water partition coefficient (Wildman–Crippen LogP) is 2.50. The zero-order valence-electron chi connectivity index (χ0n) is 8.73. The van der Waals surface area contributed by atoms with Crippen molar-refractivity contribution in [1.29, 1.82) is 0 Å². The van der Waals surface area contributed by atoms with Crippen molar-refractivity contribution in [3.05, 3.63) is 27.1 Å². The average molecular weight is 246 g/mol. The van der Waals surface area contributed by atoms with Gasteiger partial charge in [-0.05, 0) is 11.8 Å². The van der Waals surface area contributed by atoms with Gasteiger partial charge in [-0.25, -0.2) is 0 Å². The van der Waals surface area contributed by atoms with Crippen LogP contribution in [-0.4, -0.2) is 23.0 Å². The second-order valence-corrected chi connectivity index (χ2v) is 5.39. The van der Waals surface area contributed by atoms with Crippen LogP contribution in [0.1, 0.15) is 12.5 Å². The molecule has 1 unspecified atom stereocenters. The third-order valence-electron chi connectivity index (χ3n) is 1.98. The molecular formula is C9H14N2O2S2. The van der Waals surface area contributed by atoms with Crippen LogP contribution in [0.5, 0.6) is 0 Å². The molecule has 1 heterocycles. The van der Waals surface area contributed by atoms with Gasteiger partial charge in [0.25, 0.3) is 0 Å². The van der Waals surface area contributed by atoms with Crippen LogP contribution in [0.2, 0.25) is 0 Å². The van der Waals surface area contributed by atoms with Gasteiger partial charge in [0, 0.05) is 29.8 Å². The lowest BCUT2D eigenvalue weighted by Crippen LogP contribution is -2.21. The first-order valence-corrected chi connectivity index (χ1v) is 6.75. The highest BCUT2D eigenvalue weighted by molar-refractivity contribution is 7.99. The van der Waals surface area contributed by atoms with Crippen LogP contribution >= 0.6 is 23.1 Å². The molecule has 6 heteroatoms. The van der Waals surface area contributed by atoms with Gasteiger partial charge in [-0.2, -0.15) is 11.8 Å². The largest absolute Gasteiger partial charge is 0.324 e. The van der Waals surface area contributed by atoms with Gasteiger partial charge in [-0.3, -0.25) is 10.1 Å². The SMILES string of the molecule is CSC(C)CNCc1csc([N+](=O)[O-])c1. The maximum absolute atomic E-state index is 10.4. The van der Waals surface area contributed by atoms with Gasteiger partial charge >= 0.3 is 5.00 Å². The lowest BCUT2D eigenvalue weighted by atomic mass is 10.3. The Hall–Kier alpha value is -0.590. The molecule has 0 aromatic carbocycles. The van der Waals surface area contributed by atoms with Crippen molar-refractivity contribution in [3.63, 3.8) is 0 Å². The number of nitro groups is 1. The van der Waals surface area contributed by atoms with E-state index in [0.29, 0.717) is 11.8 Å². The van der Waals surface area contributed by atoms with Crippen molar-refractivity contribution in [1.82, 2.24) is 5.32 Å². The Morgan fingerprint density at radius 2 is 2.47 bits per heavy atom. The highest BCUT2D eigenvalue weighted by atomic mass is 32.2. The van der Waals surface area contributed by atoms with Gasteiger partial charge in [0.1, 0.15) is 0 Å². The lowest BCUT2D eigenvalue weighted by molar-refractivity contribution is -0.380. The van der Waals surface area contributed by atoms with Gasteiger partial charge in [-0.1, -0.05) is 18.3 Å². The Morgan fingerprint density at radius 1 is 1.73 bits per heavy atom. The van der Waals surface area contributed by atoms with Crippen molar-refractivity contribution in [2.24, 2.45) is 0 Å². The van der Waals surface area contributed by atoms with Crippen LogP contribution in [0, 0.1) is 10.1 Å². The molecule has 84 valence electrons. The van der Waals surface area contributed by atoms with E-state index >= 15 is 0 Å². The van der Waals surface area contributed by atoms with E-state index in [-0.39, 0.29) is 9.92 Å². The van der Waals surface area contributed by atoms with E-state index in [1.807, 2.05) is 5.38 Å². The molecule has 1 N–H and O–H groups in total. The van der Waals surface area contributed by atoms with E-state index in [1.54, 1.807) is 17.8 Å². The first-order chi connectivity index (χ1) is 7.13. The zero-order valence-corrected chi connectivity index (χ0v) is 10.4. The summed E-state index contributed by atoms with van der Waals surface area (Å²) in [6.07, 6.45) is 2.07. The van der Waals surface area contributed by atoms with Crippen LogP contribution in [0.3, 0.4) is 0 Å². The van der Waals surface area contributed by atoms with Crippen molar-refractivity contribution < 1.29 is 4.92 Å². The number of nitrogens with zero attached hydrogens (tertiary/aromatic N) is 1. The molecule has 0 saturated carbocycles. The molecule has 1 atom stereocenters. The molecule has 0 aliphatic rings. The number of hydrogen-bond donors (Lipinski definition) is 1. The third kappa shape index (κ3) is 4.19. The summed E-state index contributed by atoms with van der Waals surface area (Å²) in [4.78, 5) is 10.1. The Bertz CT molecular complexity index is 328. The normalized spacial score (nSPS) is 12.7. The van der Waals surface area contributed by atoms with E-state index in [4.69, 9.17) is 0 Å². The van der Waals surface area contributed by atoms with Crippen molar-refractivity contribution >= 4 is 28.1 Å². The Labute approximate surface area is 97.2 Å². The molecule has 15 heavy (non-hydrogen) atoms. The van der Waals surface area contributed by atoms with Crippen molar-refractivity contribution in [2.45, 2.75) is 18.7 Å². The number of thiophene rings is 1. The lowest BCUT2D eigenvalue weighted by Gasteiger charge is -2.08. The molecule has 0 saturated heterocycles. The topological polar surface area (TPSA) is 55.2 Å². The van der Waals surface area contributed by atoms with E-state index < -0.39 is 0 Å². The zero-order chi connectivity index (χ0) is 11.3. The van der Waals surface area contributed by atoms with Gasteiger partial charge < -0.3 is 5.32 Å². The van der Waals surface area contributed by atoms with Gasteiger partial charge in [0.05, 0.1) is 4.92 Å². The second kappa shape index (κ2) is 6.09. The quantitative estimate of drug-likeness (QED) is 0.619. The molecule has 0 fully saturated rings. The molecule has 0 aliphatic carbocycles. The highest BCUT2D eigenvalue weighted by Crippen LogP contribution is 2.22. The fourth-order valence-electron chi connectivity index (χ4n) is 1.05. The Morgan fingerprint density at radius 3 is 3.00 bits per heavy atom. The molecule has 0 aliphatic heterocycles. The van der Waals surface area contributed by atoms with E-state index in [0.717, 1.165) is 12.1 Å². The van der Waals surface area contributed by atoms with Gasteiger partial charge in [0.15, 0.2) is 0 Å². The van der Waals surface area contributed by atoms with Crippen LogP contribution in [0.15, 0.2) is 11.4 Å². The molecule has 0 bridgehead atoms. The van der Waals surface area contributed by atoms with Crippen LogP contribution in [0.4, 0.5) is 5.00 Å². The fourth-order valence-corrected chi connectivity index (χ4v) is 2.07. The summed E-state index contributed by atoms with van der Waals surface area (Å²) < 4.78 is 0. The fraction of sp³-hybridized carbons (Fsp3) is 0.556. The molecule has 4 nitrogen and oxygen atoms in total. The summed E-state index contributed by atoms with van der Waals surface area (Å²) in [5.74, 6) is 0. The highest BCUT2D eigenvalue weighted by Gasteiger charge is 2.09. The van der Waals surface area contributed by atoms with Gasteiger partial charge in [0.2, 0.25) is 0 Å². The van der Waals surface area contributed by atoms with Crippen LogP contribution in [0.25, 0.3) is 0 Å². The number of hydrogen-bond acceptors (Lipinski definition) is 5. The smallest absolute Gasteiger partial charge is 0.312 e. The van der Waals surface area contributed by atoms with Crippen molar-refractivity contribution in [2.75, 3.05) is 12.8 Å². The van der Waals surface area contributed by atoms with Gasteiger partial charge in [-0.15, -0.1) is 0 Å². The standard InChI is InChI=1S/C9H14N2O2S2/c1-7(14-2)4-10-5-8-3-9(11(12)13)15-6-8/h3,6-7,10H,4-5H2,1-2H3. The maximum Gasteiger partial charge on any atom is 0.324 e. The minimum atomic E-state index is -0.349. The third-order valence-corrected chi connectivity index (χ3v) is 3.88. The maximum atomic E-state index is 10.4. The molecule has 0 radical (unpaired) electrons. The van der Waals surface area contributed by atoms with E-state index in [2.05, 4.69) is 18.5 Å². The predicted molar refractivity (Wildman–Crippen MR) is 65.7 cm³/mol. The number of thioether (sulfide) groups is 1. The number of rotatable bonds is 6. The monoisotopic (exact) mass is 246 g/mol. The Kier molecular flexibility index (Phi) is 5.07.